The Morgan fingerprint density at radius 2 is 1.86 bits per heavy atom. The average Bonchev–Trinajstić information content (AvgIpc) is 3.60. The van der Waals surface area contributed by atoms with Gasteiger partial charge in [-0.25, -0.2) is 28.9 Å². The number of hydrazine groups is 1. The standard InChI is InChI=1S/C27H28F2N6O2/c1-20(27(36,15-34-17-30-16-31-34)23-12-11-22(28)13-24(23)29)35-19-33(18-32-35)25-9-5-6-10-26(25)37-14-21-7-3-2-4-8-21/h2-13,16-17,20,32,36H,14-15,18-19H2,1H3. The molecule has 0 bridgehead atoms. The van der Waals surface area contributed by atoms with E-state index in [9.17, 15) is 13.9 Å². The van der Waals surface area contributed by atoms with E-state index in [1.165, 1.54) is 23.4 Å². The number of ether oxygens (including phenoxy) is 1. The van der Waals surface area contributed by atoms with Crippen LogP contribution in [0.4, 0.5) is 14.5 Å². The van der Waals surface area contributed by atoms with Crippen LogP contribution in [0.5, 0.6) is 5.75 Å². The Morgan fingerprint density at radius 3 is 2.62 bits per heavy atom. The number of benzene rings is 3. The Hall–Kier alpha value is -3.86. The summed E-state index contributed by atoms with van der Waals surface area (Å²) in [5.41, 5.74) is 3.46. The van der Waals surface area contributed by atoms with Crippen LogP contribution in [0, 0.1) is 11.6 Å². The van der Waals surface area contributed by atoms with Crippen molar-refractivity contribution in [2.24, 2.45) is 0 Å². The van der Waals surface area contributed by atoms with Gasteiger partial charge in [-0.1, -0.05) is 48.5 Å². The van der Waals surface area contributed by atoms with Gasteiger partial charge in [-0.05, 0) is 30.7 Å². The highest BCUT2D eigenvalue weighted by molar-refractivity contribution is 5.58. The van der Waals surface area contributed by atoms with Crippen molar-refractivity contribution in [3.63, 3.8) is 0 Å². The summed E-state index contributed by atoms with van der Waals surface area (Å²) in [6, 6.07) is 20.2. The van der Waals surface area contributed by atoms with Gasteiger partial charge in [0, 0.05) is 11.6 Å². The van der Waals surface area contributed by atoms with Gasteiger partial charge in [0.2, 0.25) is 0 Å². The number of rotatable bonds is 9. The van der Waals surface area contributed by atoms with E-state index in [-0.39, 0.29) is 12.1 Å². The first-order chi connectivity index (χ1) is 17.9. The Kier molecular flexibility index (Phi) is 7.13. The van der Waals surface area contributed by atoms with E-state index in [1.807, 2.05) is 59.6 Å². The van der Waals surface area contributed by atoms with Crippen LogP contribution in [0.1, 0.15) is 18.1 Å². The Labute approximate surface area is 213 Å². The molecule has 10 heteroatoms. The van der Waals surface area contributed by atoms with Crippen LogP contribution < -0.4 is 15.1 Å². The fraction of sp³-hybridized carbons (Fsp3) is 0.259. The number of nitrogens with one attached hydrogen (secondary N) is 1. The van der Waals surface area contributed by atoms with Crippen LogP contribution in [-0.4, -0.2) is 44.3 Å². The van der Waals surface area contributed by atoms with Crippen molar-refractivity contribution in [1.29, 1.82) is 0 Å². The van der Waals surface area contributed by atoms with E-state index in [2.05, 4.69) is 20.4 Å². The second kappa shape index (κ2) is 10.6. The molecule has 0 spiro atoms. The topological polar surface area (TPSA) is 78.7 Å². The van der Waals surface area contributed by atoms with Crippen molar-refractivity contribution < 1.29 is 18.6 Å². The summed E-state index contributed by atoms with van der Waals surface area (Å²) in [6.45, 7) is 2.97. The van der Waals surface area contributed by atoms with Gasteiger partial charge in [0.25, 0.3) is 0 Å². The van der Waals surface area contributed by atoms with E-state index in [1.54, 1.807) is 6.92 Å². The fourth-order valence-corrected chi connectivity index (χ4v) is 4.56. The number of aliphatic hydroxyl groups is 1. The predicted molar refractivity (Wildman–Crippen MR) is 134 cm³/mol. The molecule has 0 radical (unpaired) electrons. The quantitative estimate of drug-likeness (QED) is 0.359. The summed E-state index contributed by atoms with van der Waals surface area (Å²) in [5.74, 6) is -0.815. The number of anilines is 1. The lowest BCUT2D eigenvalue weighted by atomic mass is 9.86. The second-order valence-corrected chi connectivity index (χ2v) is 9.03. The van der Waals surface area contributed by atoms with Gasteiger partial charge in [-0.2, -0.15) is 5.10 Å². The highest BCUT2D eigenvalue weighted by atomic mass is 19.1. The summed E-state index contributed by atoms with van der Waals surface area (Å²) in [5, 5.41) is 17.8. The summed E-state index contributed by atoms with van der Waals surface area (Å²) in [7, 11) is 0. The molecule has 3 aromatic carbocycles. The maximum absolute atomic E-state index is 14.9. The molecule has 192 valence electrons. The van der Waals surface area contributed by atoms with Gasteiger partial charge in [0.1, 0.15) is 42.2 Å². The maximum Gasteiger partial charge on any atom is 0.143 e. The van der Waals surface area contributed by atoms with Crippen LogP contribution in [0.3, 0.4) is 0 Å². The normalized spacial score (nSPS) is 16.5. The van der Waals surface area contributed by atoms with Gasteiger partial charge in [0.15, 0.2) is 0 Å². The van der Waals surface area contributed by atoms with Gasteiger partial charge in [-0.15, -0.1) is 0 Å². The lowest BCUT2D eigenvalue weighted by Gasteiger charge is -2.39. The van der Waals surface area contributed by atoms with E-state index >= 15 is 0 Å². The molecule has 8 nitrogen and oxygen atoms in total. The third-order valence-electron chi connectivity index (χ3n) is 6.66. The molecular formula is C27H28F2N6O2. The van der Waals surface area contributed by atoms with Crippen molar-refractivity contribution in [2.45, 2.75) is 31.7 Å². The van der Waals surface area contributed by atoms with Gasteiger partial charge in [0.05, 0.1) is 31.6 Å². The zero-order chi connectivity index (χ0) is 25.8. The molecule has 0 amide bonds. The molecule has 1 aliphatic heterocycles. The number of para-hydroxylation sites is 2. The van der Waals surface area contributed by atoms with Crippen molar-refractivity contribution in [1.82, 2.24) is 25.2 Å². The summed E-state index contributed by atoms with van der Waals surface area (Å²) >= 11 is 0. The molecule has 2 atom stereocenters. The molecule has 1 aromatic heterocycles. The first-order valence-electron chi connectivity index (χ1n) is 12.0. The zero-order valence-corrected chi connectivity index (χ0v) is 20.3. The first-order valence-corrected chi connectivity index (χ1v) is 12.0. The molecule has 0 aliphatic carbocycles. The largest absolute Gasteiger partial charge is 0.487 e. The first kappa shape index (κ1) is 24.8. The van der Waals surface area contributed by atoms with Gasteiger partial charge in [-0.3, -0.25) is 0 Å². The summed E-state index contributed by atoms with van der Waals surface area (Å²) in [4.78, 5) is 5.99. The smallest absolute Gasteiger partial charge is 0.143 e. The molecule has 1 aliphatic rings. The molecular weight excluding hydrogens is 478 g/mol. The summed E-state index contributed by atoms with van der Waals surface area (Å²) in [6.07, 6.45) is 2.79. The lowest BCUT2D eigenvalue weighted by molar-refractivity contribution is -0.0699. The number of halogens is 2. The Morgan fingerprint density at radius 1 is 1.08 bits per heavy atom. The predicted octanol–water partition coefficient (Wildman–Crippen LogP) is 3.65. The minimum Gasteiger partial charge on any atom is -0.487 e. The van der Waals surface area contributed by atoms with Crippen molar-refractivity contribution in [3.05, 3.63) is 108 Å². The highest BCUT2D eigenvalue weighted by Gasteiger charge is 2.44. The SMILES string of the molecule is CC(N1CN(c2ccccc2OCc2ccccc2)CN1)C(O)(Cn1cncn1)c1ccc(F)cc1F. The van der Waals surface area contributed by atoms with Crippen LogP contribution in [-0.2, 0) is 18.8 Å². The number of nitrogens with zero attached hydrogens (tertiary/aromatic N) is 5. The molecule has 5 rings (SSSR count). The molecule has 2 heterocycles. The molecule has 37 heavy (non-hydrogen) atoms. The van der Waals surface area contributed by atoms with E-state index in [0.717, 1.165) is 29.1 Å². The molecule has 2 N–H and O–H groups in total. The Bertz CT molecular complexity index is 1320. The van der Waals surface area contributed by atoms with Crippen LogP contribution in [0.15, 0.2) is 85.5 Å². The fourth-order valence-electron chi connectivity index (χ4n) is 4.56. The zero-order valence-electron chi connectivity index (χ0n) is 20.3. The minimum absolute atomic E-state index is 0.0243. The monoisotopic (exact) mass is 506 g/mol. The third-order valence-corrected chi connectivity index (χ3v) is 6.66. The van der Waals surface area contributed by atoms with E-state index in [0.29, 0.717) is 19.9 Å². The van der Waals surface area contributed by atoms with Crippen molar-refractivity contribution in [2.75, 3.05) is 18.2 Å². The molecule has 1 saturated heterocycles. The van der Waals surface area contributed by atoms with Gasteiger partial charge >= 0.3 is 0 Å². The van der Waals surface area contributed by atoms with Crippen LogP contribution in [0.25, 0.3) is 0 Å². The highest BCUT2D eigenvalue weighted by Crippen LogP contribution is 2.35. The number of aromatic nitrogens is 3. The summed E-state index contributed by atoms with van der Waals surface area (Å²) < 4.78 is 36.2. The van der Waals surface area contributed by atoms with Gasteiger partial charge < -0.3 is 14.7 Å². The average molecular weight is 507 g/mol. The van der Waals surface area contributed by atoms with Crippen molar-refractivity contribution in [3.8, 4) is 5.75 Å². The molecule has 4 aromatic rings. The maximum atomic E-state index is 14.9. The minimum atomic E-state index is -1.75. The molecule has 0 saturated carbocycles. The number of hydrogen-bond acceptors (Lipinski definition) is 7. The lowest BCUT2D eigenvalue weighted by Crippen LogP contribution is -2.54. The number of hydrogen-bond donors (Lipinski definition) is 2. The third kappa shape index (κ3) is 5.31. The second-order valence-electron chi connectivity index (χ2n) is 9.03. The van der Waals surface area contributed by atoms with Crippen molar-refractivity contribution >= 4 is 5.69 Å². The van der Waals surface area contributed by atoms with Crippen LogP contribution >= 0.6 is 0 Å². The Balaban J connectivity index is 1.37. The van der Waals surface area contributed by atoms with Crippen LogP contribution in [0.2, 0.25) is 0 Å². The van der Waals surface area contributed by atoms with E-state index < -0.39 is 23.3 Å². The molecule has 2 unspecified atom stereocenters. The molecule has 1 fully saturated rings. The van der Waals surface area contributed by atoms with E-state index in [4.69, 9.17) is 4.74 Å².